The van der Waals surface area contributed by atoms with Crippen LogP contribution in [0.4, 0.5) is 0 Å². The highest BCUT2D eigenvalue weighted by molar-refractivity contribution is 5.85. The first-order valence-corrected chi connectivity index (χ1v) is 14.3. The second kappa shape index (κ2) is 9.03. The number of aliphatic hydroxyl groups excluding tert-OH is 1. The highest BCUT2D eigenvalue weighted by Gasteiger charge is 2.71. The van der Waals surface area contributed by atoms with Crippen LogP contribution in [0.3, 0.4) is 0 Å². The Balaban J connectivity index is 1.31. The number of fused-ring (bicyclic) bond motifs is 5. The standard InChI is InChI=1S/C31H41NO5/c1-28-12-8-25-26(31(28,36)15-10-24(28)22-17-27(34)37-19-22)9-14-30(35)18-23(33)7-13-29(25,30)20-32-16-11-21-5-3-2-4-6-21/h2-6,17,20,23-26,33,35-36H,7-16,18-19H2,1H3. The summed E-state index contributed by atoms with van der Waals surface area (Å²) in [6, 6.07) is 10.3. The van der Waals surface area contributed by atoms with Gasteiger partial charge >= 0.3 is 5.97 Å². The lowest BCUT2D eigenvalue weighted by molar-refractivity contribution is -0.237. The maximum Gasteiger partial charge on any atom is 0.331 e. The van der Waals surface area contributed by atoms with E-state index in [2.05, 4.69) is 25.3 Å². The third-order valence-corrected chi connectivity index (χ3v) is 11.3. The zero-order valence-electron chi connectivity index (χ0n) is 21.9. The third kappa shape index (κ3) is 3.77. The summed E-state index contributed by atoms with van der Waals surface area (Å²) in [4.78, 5) is 16.8. The Morgan fingerprint density at radius 3 is 2.57 bits per heavy atom. The van der Waals surface area contributed by atoms with Gasteiger partial charge < -0.3 is 20.1 Å². The molecule has 4 aliphatic carbocycles. The van der Waals surface area contributed by atoms with E-state index in [9.17, 15) is 20.1 Å². The minimum Gasteiger partial charge on any atom is -0.458 e. The van der Waals surface area contributed by atoms with Crippen LogP contribution >= 0.6 is 0 Å². The Morgan fingerprint density at radius 1 is 1.03 bits per heavy atom. The minimum atomic E-state index is -1.00. The first-order valence-electron chi connectivity index (χ1n) is 14.3. The number of hydrogen-bond acceptors (Lipinski definition) is 6. The molecule has 4 fully saturated rings. The van der Waals surface area contributed by atoms with Crippen LogP contribution in [0.1, 0.15) is 70.3 Å². The van der Waals surface area contributed by atoms with E-state index in [1.807, 2.05) is 18.2 Å². The molecular formula is C31H41NO5. The minimum absolute atomic E-state index is 0.0611. The average molecular weight is 508 g/mol. The summed E-state index contributed by atoms with van der Waals surface area (Å²) in [5.41, 5.74) is -0.424. The van der Waals surface area contributed by atoms with E-state index >= 15 is 0 Å². The summed E-state index contributed by atoms with van der Waals surface area (Å²) in [5.74, 6) is 0.0590. The lowest BCUT2D eigenvalue weighted by atomic mass is 9.41. The molecule has 0 saturated heterocycles. The fourth-order valence-electron chi connectivity index (χ4n) is 9.43. The quantitative estimate of drug-likeness (QED) is 0.413. The van der Waals surface area contributed by atoms with Crippen molar-refractivity contribution in [2.24, 2.45) is 33.6 Å². The van der Waals surface area contributed by atoms with Gasteiger partial charge in [-0.1, -0.05) is 37.3 Å². The van der Waals surface area contributed by atoms with E-state index in [0.29, 0.717) is 45.3 Å². The van der Waals surface area contributed by atoms with Crippen LogP contribution in [0, 0.1) is 28.6 Å². The van der Waals surface area contributed by atoms with Gasteiger partial charge in [0.15, 0.2) is 0 Å². The van der Waals surface area contributed by atoms with Gasteiger partial charge in [-0.05, 0) is 86.7 Å². The van der Waals surface area contributed by atoms with Crippen LogP contribution in [-0.4, -0.2) is 58.0 Å². The molecule has 5 aliphatic rings. The van der Waals surface area contributed by atoms with Crippen LogP contribution in [-0.2, 0) is 16.0 Å². The maximum absolute atomic E-state index is 12.5. The van der Waals surface area contributed by atoms with Crippen LogP contribution in [0.5, 0.6) is 0 Å². The number of cyclic esters (lactones) is 1. The summed E-state index contributed by atoms with van der Waals surface area (Å²) < 4.78 is 5.25. The molecule has 6 nitrogen and oxygen atoms in total. The fourth-order valence-corrected chi connectivity index (χ4v) is 9.43. The molecule has 1 aliphatic heterocycles. The van der Waals surface area contributed by atoms with Crippen molar-refractivity contribution in [3.05, 3.63) is 47.5 Å². The smallest absolute Gasteiger partial charge is 0.331 e. The second-order valence-electron chi connectivity index (χ2n) is 12.8. The van der Waals surface area contributed by atoms with Crippen molar-refractivity contribution < 1.29 is 24.9 Å². The molecule has 0 spiro atoms. The predicted molar refractivity (Wildman–Crippen MR) is 141 cm³/mol. The molecule has 8 atom stereocenters. The van der Waals surface area contributed by atoms with Gasteiger partial charge in [-0.15, -0.1) is 0 Å². The second-order valence-corrected chi connectivity index (χ2v) is 12.8. The van der Waals surface area contributed by atoms with Gasteiger partial charge in [-0.25, -0.2) is 4.79 Å². The maximum atomic E-state index is 12.5. The highest BCUT2D eigenvalue weighted by Crippen LogP contribution is 2.70. The monoisotopic (exact) mass is 507 g/mol. The van der Waals surface area contributed by atoms with E-state index in [1.165, 1.54) is 5.56 Å². The fraction of sp³-hybridized carbons (Fsp3) is 0.677. The van der Waals surface area contributed by atoms with Gasteiger partial charge in [0.2, 0.25) is 0 Å². The molecule has 0 radical (unpaired) electrons. The number of rotatable bonds is 5. The van der Waals surface area contributed by atoms with Crippen molar-refractivity contribution >= 4 is 12.2 Å². The zero-order chi connectivity index (χ0) is 25.9. The van der Waals surface area contributed by atoms with Crippen molar-refractivity contribution in [3.63, 3.8) is 0 Å². The van der Waals surface area contributed by atoms with Crippen LogP contribution in [0.25, 0.3) is 0 Å². The lowest BCUT2D eigenvalue weighted by Crippen LogP contribution is -2.68. The molecule has 0 aromatic heterocycles. The third-order valence-electron chi connectivity index (χ3n) is 11.3. The summed E-state index contributed by atoms with van der Waals surface area (Å²) in [6.45, 7) is 3.23. The number of ether oxygens (including phenoxy) is 1. The number of nitrogens with zero attached hydrogens (tertiary/aromatic N) is 1. The van der Waals surface area contributed by atoms with E-state index in [4.69, 9.17) is 9.73 Å². The van der Waals surface area contributed by atoms with Crippen molar-refractivity contribution in [3.8, 4) is 0 Å². The average Bonchev–Trinajstić information content (AvgIpc) is 3.42. The largest absolute Gasteiger partial charge is 0.458 e. The Morgan fingerprint density at radius 2 is 1.81 bits per heavy atom. The molecule has 200 valence electrons. The molecule has 6 heteroatoms. The van der Waals surface area contributed by atoms with Crippen molar-refractivity contribution in [1.29, 1.82) is 0 Å². The number of hydrogen-bond donors (Lipinski definition) is 3. The Kier molecular flexibility index (Phi) is 6.17. The number of benzene rings is 1. The van der Waals surface area contributed by atoms with E-state index < -0.39 is 22.7 Å². The Labute approximate surface area is 219 Å². The molecule has 1 aromatic rings. The van der Waals surface area contributed by atoms with Crippen molar-refractivity contribution in [2.75, 3.05) is 13.2 Å². The Bertz CT molecular complexity index is 1100. The zero-order valence-corrected chi connectivity index (χ0v) is 21.9. The number of carbonyl (C=O) groups excluding carboxylic acids is 1. The predicted octanol–water partition coefficient (Wildman–Crippen LogP) is 4.01. The molecule has 3 N–H and O–H groups in total. The molecule has 1 aromatic carbocycles. The van der Waals surface area contributed by atoms with Crippen molar-refractivity contribution in [2.45, 2.75) is 88.4 Å². The summed E-state index contributed by atoms with van der Waals surface area (Å²) in [7, 11) is 0. The van der Waals surface area contributed by atoms with Crippen LogP contribution in [0.2, 0.25) is 0 Å². The molecule has 37 heavy (non-hydrogen) atoms. The molecule has 1 heterocycles. The van der Waals surface area contributed by atoms with E-state index in [-0.39, 0.29) is 29.1 Å². The van der Waals surface area contributed by atoms with Gasteiger partial charge in [0, 0.05) is 36.1 Å². The number of esters is 1. The van der Waals surface area contributed by atoms with Gasteiger partial charge in [-0.3, -0.25) is 4.99 Å². The highest BCUT2D eigenvalue weighted by atomic mass is 16.5. The molecule has 0 bridgehead atoms. The SMILES string of the molecule is CC12CCC3C(CCC4(O)CC(O)CCC34C=NCCc3ccccc3)C1(O)CCC2C1=CC(=O)OC1. The van der Waals surface area contributed by atoms with Crippen LogP contribution in [0.15, 0.2) is 47.0 Å². The van der Waals surface area contributed by atoms with Gasteiger partial charge in [0.1, 0.15) is 6.61 Å². The molecule has 8 unspecified atom stereocenters. The molecule has 0 amide bonds. The molecule has 4 saturated carbocycles. The molecule has 6 rings (SSSR count). The first kappa shape index (κ1) is 25.3. The van der Waals surface area contributed by atoms with Gasteiger partial charge in [0.05, 0.1) is 17.3 Å². The van der Waals surface area contributed by atoms with Gasteiger partial charge in [0.25, 0.3) is 0 Å². The molecular weight excluding hydrogens is 466 g/mol. The van der Waals surface area contributed by atoms with Crippen molar-refractivity contribution in [1.82, 2.24) is 0 Å². The summed E-state index contributed by atoms with van der Waals surface area (Å²) >= 11 is 0. The van der Waals surface area contributed by atoms with Gasteiger partial charge in [-0.2, -0.15) is 0 Å². The summed E-state index contributed by atoms with van der Waals surface area (Å²) in [5, 5.41) is 35.2. The normalized spacial score (nSPS) is 45.2. The Hall–Kier alpha value is -2.02. The lowest BCUT2D eigenvalue weighted by Gasteiger charge is -2.65. The van der Waals surface area contributed by atoms with E-state index in [0.717, 1.165) is 37.7 Å². The van der Waals surface area contributed by atoms with Crippen LogP contribution < -0.4 is 0 Å². The topological polar surface area (TPSA) is 99.4 Å². The summed E-state index contributed by atoms with van der Waals surface area (Å²) in [6.07, 6.45) is 10.4. The number of carbonyl (C=O) groups is 1. The number of aliphatic imine (C=N–C) groups is 1. The number of aliphatic hydroxyl groups is 3. The first-order chi connectivity index (χ1) is 17.7. The van der Waals surface area contributed by atoms with E-state index in [1.54, 1.807) is 6.08 Å².